The number of sulfonamides is 1. The number of rotatable bonds is 3. The van der Waals surface area contributed by atoms with E-state index in [2.05, 4.69) is 0 Å². The Hall–Kier alpha value is -1.71. The van der Waals surface area contributed by atoms with Crippen molar-refractivity contribution in [3.8, 4) is 0 Å². The molecule has 8 nitrogen and oxygen atoms in total. The van der Waals surface area contributed by atoms with Crippen molar-refractivity contribution in [3.63, 3.8) is 0 Å². The van der Waals surface area contributed by atoms with E-state index < -0.39 is 31.4 Å². The Morgan fingerprint density at radius 1 is 1.33 bits per heavy atom. The maximum Gasteiger partial charge on any atom is 0.271 e. The zero-order valence-corrected chi connectivity index (χ0v) is 12.4. The van der Waals surface area contributed by atoms with Gasteiger partial charge in [0.1, 0.15) is 4.90 Å². The molecule has 0 radical (unpaired) electrons. The van der Waals surface area contributed by atoms with Crippen LogP contribution in [0.4, 0.5) is 5.69 Å². The van der Waals surface area contributed by atoms with Crippen molar-refractivity contribution in [2.75, 3.05) is 13.1 Å². The number of benzene rings is 1. The molecule has 1 aromatic carbocycles. The van der Waals surface area contributed by atoms with Crippen LogP contribution in [0, 0.1) is 10.1 Å². The second kappa shape index (κ2) is 5.58. The number of nitro benzene ring substituents is 1. The average Bonchev–Trinajstić information content (AvgIpc) is 2.90. The summed E-state index contributed by atoms with van der Waals surface area (Å²) in [6.45, 7) is 1.01. The molecule has 1 aliphatic rings. The van der Waals surface area contributed by atoms with Gasteiger partial charge in [-0.3, -0.25) is 14.9 Å². The van der Waals surface area contributed by atoms with Gasteiger partial charge in [0.2, 0.25) is 10.0 Å². The number of non-ortho nitro benzene ring substituents is 1. The van der Waals surface area contributed by atoms with Crippen LogP contribution >= 0.6 is 11.6 Å². The van der Waals surface area contributed by atoms with Crippen molar-refractivity contribution in [1.29, 1.82) is 0 Å². The summed E-state index contributed by atoms with van der Waals surface area (Å²) in [6.07, 6.45) is 1.64. The maximum atomic E-state index is 12.3. The predicted octanol–water partition coefficient (Wildman–Crippen LogP) is 1.13. The molecule has 21 heavy (non-hydrogen) atoms. The smallest absolute Gasteiger partial charge is 0.271 e. The van der Waals surface area contributed by atoms with Crippen LogP contribution in [0.25, 0.3) is 0 Å². The molecular formula is C11H12ClN3O5S. The molecule has 1 heterocycles. The summed E-state index contributed by atoms with van der Waals surface area (Å²) in [6, 6.07) is 1.72. The van der Waals surface area contributed by atoms with Crippen LogP contribution in [0.3, 0.4) is 0 Å². The molecule has 114 valence electrons. The van der Waals surface area contributed by atoms with Crippen LogP contribution in [0.5, 0.6) is 0 Å². The Labute approximate surface area is 125 Å². The fourth-order valence-electron chi connectivity index (χ4n) is 2.14. The third-order valence-corrected chi connectivity index (χ3v) is 4.62. The van der Waals surface area contributed by atoms with Crippen LogP contribution in [0.15, 0.2) is 17.0 Å². The van der Waals surface area contributed by atoms with Gasteiger partial charge in [0, 0.05) is 25.2 Å². The molecule has 0 atom stereocenters. The van der Waals surface area contributed by atoms with Gasteiger partial charge in [0.15, 0.2) is 0 Å². The number of carbonyl (C=O) groups excluding carboxylic acids is 1. The molecule has 1 amide bonds. The number of carbonyl (C=O) groups is 1. The fourth-order valence-corrected chi connectivity index (χ4v) is 3.30. The molecule has 2 rings (SSSR count). The van der Waals surface area contributed by atoms with Gasteiger partial charge in [-0.25, -0.2) is 13.6 Å². The zero-order chi connectivity index (χ0) is 15.8. The molecule has 1 aliphatic heterocycles. The first-order valence-electron chi connectivity index (χ1n) is 6.02. The van der Waals surface area contributed by atoms with Crippen LogP contribution in [-0.2, 0) is 10.0 Å². The summed E-state index contributed by atoms with van der Waals surface area (Å²) >= 11 is 5.91. The van der Waals surface area contributed by atoms with Crippen LogP contribution < -0.4 is 5.14 Å². The van der Waals surface area contributed by atoms with Crippen LogP contribution in [0.1, 0.15) is 23.2 Å². The number of amides is 1. The lowest BCUT2D eigenvalue weighted by Crippen LogP contribution is -2.28. The predicted molar refractivity (Wildman–Crippen MR) is 74.6 cm³/mol. The van der Waals surface area contributed by atoms with Gasteiger partial charge in [0.25, 0.3) is 11.6 Å². The van der Waals surface area contributed by atoms with E-state index in [1.54, 1.807) is 0 Å². The second-order valence-corrected chi connectivity index (χ2v) is 6.51. The molecule has 0 saturated carbocycles. The number of nitro groups is 1. The SMILES string of the molecule is NS(=O)(=O)c1cc([N+](=O)[O-])cc(C(=O)N2CCCC2)c1Cl. The third kappa shape index (κ3) is 3.14. The Bertz CT molecular complexity index is 713. The van der Waals surface area contributed by atoms with Gasteiger partial charge in [-0.15, -0.1) is 0 Å². The van der Waals surface area contributed by atoms with Gasteiger partial charge in [-0.1, -0.05) is 11.6 Å². The number of hydrogen-bond donors (Lipinski definition) is 1. The summed E-state index contributed by atoms with van der Waals surface area (Å²) in [5.41, 5.74) is -0.775. The summed E-state index contributed by atoms with van der Waals surface area (Å²) < 4.78 is 22.9. The van der Waals surface area contributed by atoms with E-state index in [0.29, 0.717) is 13.1 Å². The number of hydrogen-bond acceptors (Lipinski definition) is 5. The Balaban J connectivity index is 2.61. The van der Waals surface area contributed by atoms with Crippen molar-refractivity contribution in [3.05, 3.63) is 32.8 Å². The first-order chi connectivity index (χ1) is 9.71. The molecule has 0 aromatic heterocycles. The molecule has 1 saturated heterocycles. The molecule has 1 aromatic rings. The maximum absolute atomic E-state index is 12.3. The van der Waals surface area contributed by atoms with Crippen molar-refractivity contribution in [1.82, 2.24) is 4.90 Å². The summed E-state index contributed by atoms with van der Waals surface area (Å²) in [5, 5.41) is 15.5. The highest BCUT2D eigenvalue weighted by Gasteiger charge is 2.28. The van der Waals surface area contributed by atoms with Gasteiger partial charge < -0.3 is 4.90 Å². The zero-order valence-electron chi connectivity index (χ0n) is 10.8. The quantitative estimate of drug-likeness (QED) is 0.656. The van der Waals surface area contributed by atoms with Crippen molar-refractivity contribution >= 4 is 33.2 Å². The van der Waals surface area contributed by atoms with E-state index in [0.717, 1.165) is 25.0 Å². The molecule has 10 heteroatoms. The first-order valence-corrected chi connectivity index (χ1v) is 7.94. The molecule has 2 N–H and O–H groups in total. The van der Waals surface area contributed by atoms with Crippen LogP contribution in [-0.4, -0.2) is 37.2 Å². The molecule has 1 fully saturated rings. The van der Waals surface area contributed by atoms with E-state index in [9.17, 15) is 23.3 Å². The largest absolute Gasteiger partial charge is 0.339 e. The molecular weight excluding hydrogens is 322 g/mol. The summed E-state index contributed by atoms with van der Waals surface area (Å²) in [7, 11) is -4.28. The lowest BCUT2D eigenvalue weighted by Gasteiger charge is -2.16. The van der Waals surface area contributed by atoms with Crippen LogP contribution in [0.2, 0.25) is 5.02 Å². The lowest BCUT2D eigenvalue weighted by molar-refractivity contribution is -0.385. The summed E-state index contributed by atoms with van der Waals surface area (Å²) in [4.78, 5) is 23.2. The second-order valence-electron chi connectivity index (χ2n) is 4.61. The molecule has 0 unspecified atom stereocenters. The minimum Gasteiger partial charge on any atom is -0.339 e. The highest BCUT2D eigenvalue weighted by Crippen LogP contribution is 2.31. The van der Waals surface area contributed by atoms with Gasteiger partial charge >= 0.3 is 0 Å². The Morgan fingerprint density at radius 3 is 2.38 bits per heavy atom. The fraction of sp³-hybridized carbons (Fsp3) is 0.364. The molecule has 0 bridgehead atoms. The molecule has 0 aliphatic carbocycles. The number of nitrogens with zero attached hydrogens (tertiary/aromatic N) is 2. The monoisotopic (exact) mass is 333 g/mol. The standard InChI is InChI=1S/C11H12ClN3O5S/c12-10-8(11(16)14-3-1-2-4-14)5-7(15(17)18)6-9(10)21(13,19)20/h5-6H,1-4H2,(H2,13,19,20). The van der Waals surface area contributed by atoms with E-state index in [1.165, 1.54) is 4.90 Å². The number of primary sulfonamides is 1. The normalized spacial score (nSPS) is 15.2. The average molecular weight is 334 g/mol. The minimum atomic E-state index is -4.28. The molecule has 0 spiro atoms. The lowest BCUT2D eigenvalue weighted by atomic mass is 10.1. The van der Waals surface area contributed by atoms with E-state index >= 15 is 0 Å². The minimum absolute atomic E-state index is 0.225. The van der Waals surface area contributed by atoms with Crippen molar-refractivity contribution in [2.45, 2.75) is 17.7 Å². The Kier molecular flexibility index (Phi) is 4.17. The number of likely N-dealkylation sites (tertiary alicyclic amines) is 1. The van der Waals surface area contributed by atoms with Crippen molar-refractivity contribution < 1.29 is 18.1 Å². The Morgan fingerprint density at radius 2 is 1.90 bits per heavy atom. The van der Waals surface area contributed by atoms with Gasteiger partial charge in [-0.2, -0.15) is 0 Å². The van der Waals surface area contributed by atoms with E-state index in [4.69, 9.17) is 16.7 Å². The number of halogens is 1. The first kappa shape index (κ1) is 15.7. The highest BCUT2D eigenvalue weighted by atomic mass is 35.5. The van der Waals surface area contributed by atoms with Gasteiger partial charge in [0.05, 0.1) is 15.5 Å². The third-order valence-electron chi connectivity index (χ3n) is 3.17. The van der Waals surface area contributed by atoms with E-state index in [1.807, 2.05) is 0 Å². The van der Waals surface area contributed by atoms with E-state index in [-0.39, 0.29) is 10.6 Å². The number of nitrogens with two attached hydrogens (primary N) is 1. The van der Waals surface area contributed by atoms with Gasteiger partial charge in [-0.05, 0) is 12.8 Å². The topological polar surface area (TPSA) is 124 Å². The highest BCUT2D eigenvalue weighted by molar-refractivity contribution is 7.89. The van der Waals surface area contributed by atoms with Crippen molar-refractivity contribution in [2.24, 2.45) is 5.14 Å². The summed E-state index contributed by atoms with van der Waals surface area (Å²) in [5.74, 6) is -0.536.